The van der Waals surface area contributed by atoms with Crippen LogP contribution < -0.4 is 14.8 Å². The number of ether oxygens (including phenoxy) is 2. The van der Waals surface area contributed by atoms with E-state index in [1.807, 2.05) is 30.3 Å². The van der Waals surface area contributed by atoms with E-state index in [4.69, 9.17) is 21.1 Å². The highest BCUT2D eigenvalue weighted by molar-refractivity contribution is 6.32. The van der Waals surface area contributed by atoms with Crippen molar-refractivity contribution in [2.24, 2.45) is 0 Å². The van der Waals surface area contributed by atoms with Crippen molar-refractivity contribution >= 4 is 23.3 Å². The van der Waals surface area contributed by atoms with Crippen molar-refractivity contribution in [3.8, 4) is 11.5 Å². The van der Waals surface area contributed by atoms with Gasteiger partial charge in [-0.2, -0.15) is 0 Å². The van der Waals surface area contributed by atoms with Gasteiger partial charge in [-0.1, -0.05) is 35.9 Å². The fourth-order valence-electron chi connectivity index (χ4n) is 2.88. The van der Waals surface area contributed by atoms with Crippen molar-refractivity contribution in [1.29, 1.82) is 0 Å². The first-order valence-electron chi connectivity index (χ1n) is 8.27. The molecule has 6 heteroatoms. The van der Waals surface area contributed by atoms with E-state index in [-0.39, 0.29) is 12.1 Å². The highest BCUT2D eigenvalue weighted by atomic mass is 35.5. The third-order valence-corrected chi connectivity index (χ3v) is 4.49. The monoisotopic (exact) mass is 360 g/mol. The molecule has 1 heterocycles. The van der Waals surface area contributed by atoms with Crippen LogP contribution in [0.3, 0.4) is 0 Å². The molecule has 1 N–H and O–H groups in total. The van der Waals surface area contributed by atoms with Gasteiger partial charge in [-0.05, 0) is 24.3 Å². The second-order valence-electron chi connectivity index (χ2n) is 5.87. The summed E-state index contributed by atoms with van der Waals surface area (Å²) in [6.07, 6.45) is 1.73. The van der Waals surface area contributed by atoms with Crippen molar-refractivity contribution < 1.29 is 14.3 Å². The summed E-state index contributed by atoms with van der Waals surface area (Å²) in [6.45, 7) is 1.29. The number of rotatable bonds is 4. The van der Waals surface area contributed by atoms with Crippen LogP contribution in [0.1, 0.15) is 12.8 Å². The standard InChI is InChI=1S/C19H21ClN2O3/c1-24-18-16(20)8-5-9-17(18)21-19(23)22-12-10-15(11-13-22)25-14-6-3-2-4-7-14/h2-9,15H,10-13H2,1H3,(H,21,23). The summed E-state index contributed by atoms with van der Waals surface area (Å²) in [5.41, 5.74) is 0.572. The molecule has 1 fully saturated rings. The molecule has 0 aliphatic carbocycles. The Balaban J connectivity index is 1.54. The van der Waals surface area contributed by atoms with Crippen LogP contribution >= 0.6 is 11.6 Å². The van der Waals surface area contributed by atoms with Crippen molar-refractivity contribution in [2.75, 3.05) is 25.5 Å². The molecule has 2 amide bonds. The van der Waals surface area contributed by atoms with Crippen LogP contribution in [0, 0.1) is 0 Å². The Hall–Kier alpha value is -2.40. The predicted molar refractivity (Wildman–Crippen MR) is 98.7 cm³/mol. The van der Waals surface area contributed by atoms with Gasteiger partial charge in [-0.25, -0.2) is 4.79 Å². The Morgan fingerprint density at radius 2 is 1.84 bits per heavy atom. The zero-order valence-corrected chi connectivity index (χ0v) is 14.8. The van der Waals surface area contributed by atoms with Crippen molar-refractivity contribution in [3.05, 3.63) is 53.6 Å². The molecule has 3 rings (SSSR count). The van der Waals surface area contributed by atoms with E-state index in [9.17, 15) is 4.79 Å². The van der Waals surface area contributed by atoms with Gasteiger partial charge in [-0.15, -0.1) is 0 Å². The number of methoxy groups -OCH3 is 1. The summed E-state index contributed by atoms with van der Waals surface area (Å²) in [4.78, 5) is 14.3. The molecule has 25 heavy (non-hydrogen) atoms. The molecule has 1 saturated heterocycles. The van der Waals surface area contributed by atoms with Crippen molar-refractivity contribution in [3.63, 3.8) is 0 Å². The molecule has 0 saturated carbocycles. The van der Waals surface area contributed by atoms with Gasteiger partial charge in [0.1, 0.15) is 11.9 Å². The molecule has 5 nitrogen and oxygen atoms in total. The topological polar surface area (TPSA) is 50.8 Å². The second kappa shape index (κ2) is 8.12. The van der Waals surface area contributed by atoms with E-state index in [1.165, 1.54) is 7.11 Å². The zero-order valence-electron chi connectivity index (χ0n) is 14.1. The number of nitrogens with zero attached hydrogens (tertiary/aromatic N) is 1. The van der Waals surface area contributed by atoms with Gasteiger partial charge in [0.05, 0.1) is 17.8 Å². The lowest BCUT2D eigenvalue weighted by atomic mass is 10.1. The molecule has 0 aromatic heterocycles. The molecule has 132 valence electrons. The Morgan fingerprint density at radius 1 is 1.12 bits per heavy atom. The van der Waals surface area contributed by atoms with Gasteiger partial charge < -0.3 is 19.7 Å². The maximum atomic E-state index is 12.5. The number of carbonyl (C=O) groups is 1. The van der Waals surface area contributed by atoms with E-state index >= 15 is 0 Å². The Kier molecular flexibility index (Phi) is 5.66. The van der Waals surface area contributed by atoms with Crippen molar-refractivity contribution in [2.45, 2.75) is 18.9 Å². The van der Waals surface area contributed by atoms with Crippen LogP contribution in [0.4, 0.5) is 10.5 Å². The van der Waals surface area contributed by atoms with Gasteiger partial charge in [0.25, 0.3) is 0 Å². The van der Waals surface area contributed by atoms with Gasteiger partial charge in [0.15, 0.2) is 5.75 Å². The Labute approximate surface area is 152 Å². The number of hydrogen-bond acceptors (Lipinski definition) is 3. The molecule has 0 atom stereocenters. The lowest BCUT2D eigenvalue weighted by Crippen LogP contribution is -2.43. The number of urea groups is 1. The number of carbonyl (C=O) groups excluding carboxylic acids is 1. The number of hydrogen-bond donors (Lipinski definition) is 1. The molecule has 1 aliphatic heterocycles. The molecular weight excluding hydrogens is 340 g/mol. The zero-order chi connectivity index (χ0) is 17.6. The van der Waals surface area contributed by atoms with E-state index in [1.54, 1.807) is 23.1 Å². The predicted octanol–water partition coefficient (Wildman–Crippen LogP) is 4.42. The summed E-state index contributed by atoms with van der Waals surface area (Å²) < 4.78 is 11.2. The number of benzene rings is 2. The first-order chi connectivity index (χ1) is 12.2. The molecule has 2 aromatic carbocycles. The minimum atomic E-state index is -0.154. The first-order valence-corrected chi connectivity index (χ1v) is 8.65. The van der Waals surface area contributed by atoms with Gasteiger partial charge in [-0.3, -0.25) is 0 Å². The maximum Gasteiger partial charge on any atom is 0.321 e. The number of amides is 2. The minimum absolute atomic E-state index is 0.132. The van der Waals surface area contributed by atoms with E-state index in [0.29, 0.717) is 29.5 Å². The lowest BCUT2D eigenvalue weighted by molar-refractivity contribution is 0.115. The average Bonchev–Trinajstić information content (AvgIpc) is 2.63. The number of piperidine rings is 1. The fraction of sp³-hybridized carbons (Fsp3) is 0.316. The molecule has 2 aromatic rings. The quantitative estimate of drug-likeness (QED) is 0.877. The highest BCUT2D eigenvalue weighted by Crippen LogP contribution is 2.32. The van der Waals surface area contributed by atoms with Gasteiger partial charge in [0.2, 0.25) is 0 Å². The van der Waals surface area contributed by atoms with E-state index < -0.39 is 0 Å². The molecule has 0 spiro atoms. The molecular formula is C19H21ClN2O3. The number of anilines is 1. The summed E-state index contributed by atoms with van der Waals surface area (Å²) in [5.74, 6) is 1.34. The third-order valence-electron chi connectivity index (χ3n) is 4.19. The van der Waals surface area contributed by atoms with Gasteiger partial charge in [0, 0.05) is 25.9 Å². The normalized spacial score (nSPS) is 14.9. The maximum absolute atomic E-state index is 12.5. The number of nitrogens with one attached hydrogen (secondary N) is 1. The highest BCUT2D eigenvalue weighted by Gasteiger charge is 2.24. The smallest absolute Gasteiger partial charge is 0.321 e. The van der Waals surface area contributed by atoms with Crippen LogP contribution in [0.15, 0.2) is 48.5 Å². The fourth-order valence-corrected chi connectivity index (χ4v) is 3.13. The Morgan fingerprint density at radius 3 is 2.52 bits per heavy atom. The number of para-hydroxylation sites is 2. The number of likely N-dealkylation sites (tertiary alicyclic amines) is 1. The third kappa shape index (κ3) is 4.37. The van der Waals surface area contributed by atoms with Crippen molar-refractivity contribution in [1.82, 2.24) is 4.90 Å². The van der Waals surface area contributed by atoms with Crippen LogP contribution in [-0.2, 0) is 0 Å². The Bertz CT molecular complexity index is 716. The molecule has 0 radical (unpaired) electrons. The molecule has 0 unspecified atom stereocenters. The summed E-state index contributed by atoms with van der Waals surface area (Å²) in [5, 5.41) is 3.34. The van der Waals surface area contributed by atoms with Gasteiger partial charge >= 0.3 is 6.03 Å². The van der Waals surface area contributed by atoms with Crippen LogP contribution in [-0.4, -0.2) is 37.2 Å². The largest absolute Gasteiger partial charge is 0.493 e. The summed E-state index contributed by atoms with van der Waals surface area (Å²) in [6, 6.07) is 14.9. The minimum Gasteiger partial charge on any atom is -0.493 e. The van der Waals surface area contributed by atoms with E-state index in [0.717, 1.165) is 18.6 Å². The van der Waals surface area contributed by atoms with E-state index in [2.05, 4.69) is 5.32 Å². The van der Waals surface area contributed by atoms with Crippen LogP contribution in [0.2, 0.25) is 5.02 Å². The van der Waals surface area contributed by atoms with Crippen LogP contribution in [0.5, 0.6) is 11.5 Å². The lowest BCUT2D eigenvalue weighted by Gasteiger charge is -2.32. The summed E-state index contributed by atoms with van der Waals surface area (Å²) >= 11 is 6.09. The van der Waals surface area contributed by atoms with Crippen LogP contribution in [0.25, 0.3) is 0 Å². The molecule has 0 bridgehead atoms. The second-order valence-corrected chi connectivity index (χ2v) is 6.28. The first kappa shape index (κ1) is 17.4. The summed E-state index contributed by atoms with van der Waals surface area (Å²) in [7, 11) is 1.53. The SMILES string of the molecule is COc1c(Cl)cccc1NC(=O)N1CCC(Oc2ccccc2)CC1. The average molecular weight is 361 g/mol. The number of halogens is 1. The molecule has 1 aliphatic rings.